The molecule has 0 aromatic heterocycles. The maximum atomic E-state index is 10.3. The van der Waals surface area contributed by atoms with Crippen LogP contribution >= 0.6 is 15.9 Å². The van der Waals surface area contributed by atoms with Gasteiger partial charge in [-0.05, 0) is 38.0 Å². The number of nitrogens with one attached hydrogen (secondary N) is 1. The van der Waals surface area contributed by atoms with Crippen LogP contribution < -0.4 is 4.74 Å². The standard InChI is InChI=1S/C21H19BrN4O3/c1-2-27-15-7-6-13(22)9-14(15)17-19(10-23,11-24)20(12-25)16-5-3-4-8-21(16,28-17)29-18(20)26/h6-7,9,16-17,26H,2-5,8H2,1H3. The van der Waals surface area contributed by atoms with E-state index in [2.05, 4.69) is 34.1 Å². The molecule has 4 rings (SSSR count). The fourth-order valence-electron chi connectivity index (χ4n) is 5.15. The summed E-state index contributed by atoms with van der Waals surface area (Å²) in [6, 6.07) is 11.6. The van der Waals surface area contributed by atoms with E-state index in [1.54, 1.807) is 18.2 Å². The molecule has 1 aliphatic carbocycles. The normalized spacial score (nSPS) is 34.1. The average molecular weight is 455 g/mol. The molecule has 29 heavy (non-hydrogen) atoms. The van der Waals surface area contributed by atoms with Crippen LogP contribution in [0.15, 0.2) is 22.7 Å². The molecule has 4 atom stereocenters. The van der Waals surface area contributed by atoms with Crippen molar-refractivity contribution in [1.82, 2.24) is 0 Å². The quantitative estimate of drug-likeness (QED) is 0.723. The average Bonchev–Trinajstić information content (AvgIpc) is 2.94. The van der Waals surface area contributed by atoms with Crippen molar-refractivity contribution in [3.8, 4) is 24.0 Å². The van der Waals surface area contributed by atoms with Gasteiger partial charge in [-0.1, -0.05) is 22.4 Å². The van der Waals surface area contributed by atoms with Crippen LogP contribution in [0.1, 0.15) is 44.3 Å². The lowest BCUT2D eigenvalue weighted by Gasteiger charge is -2.51. The van der Waals surface area contributed by atoms with Gasteiger partial charge in [-0.3, -0.25) is 5.41 Å². The van der Waals surface area contributed by atoms with E-state index in [-0.39, 0.29) is 5.90 Å². The van der Waals surface area contributed by atoms with Crippen molar-refractivity contribution in [3.05, 3.63) is 28.2 Å². The molecule has 148 valence electrons. The zero-order valence-corrected chi connectivity index (χ0v) is 17.5. The molecule has 2 heterocycles. The molecule has 1 N–H and O–H groups in total. The van der Waals surface area contributed by atoms with Crippen LogP contribution in [-0.2, 0) is 9.47 Å². The number of rotatable bonds is 3. The lowest BCUT2D eigenvalue weighted by molar-refractivity contribution is -0.294. The molecule has 4 unspecified atom stereocenters. The largest absolute Gasteiger partial charge is 0.493 e. The predicted octanol–water partition coefficient (Wildman–Crippen LogP) is 4.36. The molecule has 0 spiro atoms. The molecular formula is C21H19BrN4O3. The Morgan fingerprint density at radius 2 is 2.00 bits per heavy atom. The third-order valence-electron chi connectivity index (χ3n) is 6.37. The second-order valence-corrected chi connectivity index (χ2v) is 8.52. The van der Waals surface area contributed by atoms with Gasteiger partial charge in [-0.15, -0.1) is 0 Å². The van der Waals surface area contributed by atoms with E-state index >= 15 is 0 Å². The van der Waals surface area contributed by atoms with Crippen LogP contribution in [-0.4, -0.2) is 18.3 Å². The number of benzene rings is 1. The first-order valence-electron chi connectivity index (χ1n) is 9.56. The smallest absolute Gasteiger partial charge is 0.217 e. The number of halogens is 1. The van der Waals surface area contributed by atoms with Crippen molar-refractivity contribution in [2.24, 2.45) is 16.7 Å². The van der Waals surface area contributed by atoms with Crippen molar-refractivity contribution in [2.75, 3.05) is 6.61 Å². The summed E-state index contributed by atoms with van der Waals surface area (Å²) in [5.41, 5.74) is -3.16. The van der Waals surface area contributed by atoms with Crippen LogP contribution in [0.4, 0.5) is 0 Å². The Hall–Kier alpha value is -2.60. The van der Waals surface area contributed by atoms with Gasteiger partial charge in [0.1, 0.15) is 11.9 Å². The zero-order chi connectivity index (χ0) is 20.9. The van der Waals surface area contributed by atoms with Crippen LogP contribution in [0, 0.1) is 56.2 Å². The van der Waals surface area contributed by atoms with Gasteiger partial charge in [0.05, 0.1) is 30.7 Å². The van der Waals surface area contributed by atoms with Crippen LogP contribution in [0.5, 0.6) is 5.75 Å². The summed E-state index contributed by atoms with van der Waals surface area (Å²) in [5, 5.41) is 39.4. The molecule has 7 nitrogen and oxygen atoms in total. The van der Waals surface area contributed by atoms with E-state index < -0.39 is 28.6 Å². The highest BCUT2D eigenvalue weighted by molar-refractivity contribution is 9.10. The maximum Gasteiger partial charge on any atom is 0.217 e. The Morgan fingerprint density at radius 1 is 1.24 bits per heavy atom. The topological polar surface area (TPSA) is 123 Å². The molecule has 0 amide bonds. The third kappa shape index (κ3) is 2.32. The van der Waals surface area contributed by atoms with Crippen molar-refractivity contribution in [3.63, 3.8) is 0 Å². The first kappa shape index (κ1) is 19.7. The van der Waals surface area contributed by atoms with E-state index in [0.29, 0.717) is 30.8 Å². The molecule has 2 aliphatic heterocycles. The maximum absolute atomic E-state index is 10.3. The monoisotopic (exact) mass is 454 g/mol. The summed E-state index contributed by atoms with van der Waals surface area (Å²) in [4.78, 5) is 0. The van der Waals surface area contributed by atoms with Gasteiger partial charge < -0.3 is 14.2 Å². The predicted molar refractivity (Wildman–Crippen MR) is 104 cm³/mol. The SMILES string of the molecule is CCOc1ccc(Br)cc1C1OC23CCCCC2C(C#N)(C(=N)O3)C1(C#N)C#N. The van der Waals surface area contributed by atoms with Gasteiger partial charge >= 0.3 is 0 Å². The van der Waals surface area contributed by atoms with Crippen LogP contribution in [0.2, 0.25) is 0 Å². The summed E-state index contributed by atoms with van der Waals surface area (Å²) < 4.78 is 18.8. The summed E-state index contributed by atoms with van der Waals surface area (Å²) in [6.07, 6.45) is 1.61. The van der Waals surface area contributed by atoms with Gasteiger partial charge in [-0.2, -0.15) is 15.8 Å². The molecule has 2 bridgehead atoms. The van der Waals surface area contributed by atoms with E-state index in [9.17, 15) is 15.8 Å². The van der Waals surface area contributed by atoms with Gasteiger partial charge in [0.15, 0.2) is 5.41 Å². The molecule has 3 fully saturated rings. The van der Waals surface area contributed by atoms with Gasteiger partial charge in [0, 0.05) is 16.5 Å². The fourth-order valence-corrected chi connectivity index (χ4v) is 5.53. The minimum atomic E-state index is -1.95. The highest BCUT2D eigenvalue weighted by atomic mass is 79.9. The van der Waals surface area contributed by atoms with Crippen molar-refractivity contribution >= 4 is 21.8 Å². The van der Waals surface area contributed by atoms with E-state index in [1.807, 2.05) is 6.92 Å². The summed E-state index contributed by atoms with van der Waals surface area (Å²) in [6.45, 7) is 2.22. The van der Waals surface area contributed by atoms with Gasteiger partial charge in [0.25, 0.3) is 0 Å². The van der Waals surface area contributed by atoms with Crippen LogP contribution in [0.3, 0.4) is 0 Å². The first-order valence-corrected chi connectivity index (χ1v) is 10.4. The number of ether oxygens (including phenoxy) is 3. The Bertz CT molecular complexity index is 993. The number of nitrogens with zero attached hydrogens (tertiary/aromatic N) is 3. The minimum Gasteiger partial charge on any atom is -0.493 e. The fraction of sp³-hybridized carbons (Fsp3) is 0.524. The molecule has 1 aromatic carbocycles. The molecule has 3 aliphatic rings. The van der Waals surface area contributed by atoms with E-state index in [0.717, 1.165) is 17.3 Å². The van der Waals surface area contributed by atoms with Crippen molar-refractivity contribution < 1.29 is 14.2 Å². The second kappa shape index (κ2) is 6.73. The number of nitriles is 3. The highest BCUT2D eigenvalue weighted by Crippen LogP contribution is 2.70. The molecule has 8 heteroatoms. The number of hydrogen-bond donors (Lipinski definition) is 1. The van der Waals surface area contributed by atoms with E-state index in [1.165, 1.54) is 0 Å². The third-order valence-corrected chi connectivity index (χ3v) is 6.86. The first-order chi connectivity index (χ1) is 13.9. The lowest BCUT2D eigenvalue weighted by Crippen LogP contribution is -2.60. The molecular weight excluding hydrogens is 436 g/mol. The Morgan fingerprint density at radius 3 is 2.66 bits per heavy atom. The Kier molecular flexibility index (Phi) is 4.57. The van der Waals surface area contributed by atoms with Gasteiger partial charge in [-0.25, -0.2) is 0 Å². The summed E-state index contributed by atoms with van der Waals surface area (Å²) in [5.74, 6) is -1.59. The van der Waals surface area contributed by atoms with Crippen molar-refractivity contribution in [2.45, 2.75) is 44.5 Å². The van der Waals surface area contributed by atoms with Crippen molar-refractivity contribution in [1.29, 1.82) is 21.2 Å². The molecule has 2 saturated heterocycles. The number of hydrogen-bond acceptors (Lipinski definition) is 7. The van der Waals surface area contributed by atoms with E-state index in [4.69, 9.17) is 19.6 Å². The summed E-state index contributed by atoms with van der Waals surface area (Å²) in [7, 11) is 0. The molecule has 1 saturated carbocycles. The zero-order valence-electron chi connectivity index (χ0n) is 15.9. The lowest BCUT2D eigenvalue weighted by atomic mass is 9.51. The highest BCUT2D eigenvalue weighted by Gasteiger charge is 2.80. The molecule has 1 aromatic rings. The Balaban J connectivity index is 2.01. The summed E-state index contributed by atoms with van der Waals surface area (Å²) >= 11 is 3.44. The van der Waals surface area contributed by atoms with Gasteiger partial charge in [0.2, 0.25) is 17.1 Å². The minimum absolute atomic E-state index is 0.342. The Labute approximate surface area is 177 Å². The van der Waals surface area contributed by atoms with Crippen LogP contribution in [0.25, 0.3) is 0 Å². The molecule has 0 radical (unpaired) electrons. The second-order valence-electron chi connectivity index (χ2n) is 7.61.